The number of carboxylic acid groups (broad SMARTS) is 1. The number of carbonyl (C=O) groups excluding carboxylic acids is 2. The first-order chi connectivity index (χ1) is 14.3. The average molecular weight is 422 g/mol. The lowest BCUT2D eigenvalue weighted by atomic mass is 10.1. The second-order valence-corrected chi connectivity index (χ2v) is 7.06. The van der Waals surface area contributed by atoms with Crippen molar-refractivity contribution in [3.05, 3.63) is 39.9 Å². The number of carbonyl (C=O) groups is 3. The topological polar surface area (TPSA) is 165 Å². The Morgan fingerprint density at radius 2 is 2.00 bits per heavy atom. The van der Waals surface area contributed by atoms with Crippen LogP contribution in [0.25, 0.3) is 0 Å². The van der Waals surface area contributed by atoms with Gasteiger partial charge >= 0.3 is 12.1 Å². The molecule has 11 heteroatoms. The second-order valence-electron chi connectivity index (χ2n) is 7.06. The van der Waals surface area contributed by atoms with E-state index < -0.39 is 29.1 Å². The standard InChI is InChI=1S/C19H26N4O7/c20-15(17(24)22-11-3-5-16(22)18(25)26)4-1-2-10-21-19(27)30-12-13-6-8-14(9-7-13)23(28)29/h6-9,15-16H,1-5,10-12,20H2,(H,21,27)(H,25,26)/t15-,16-/m0/s1. The fourth-order valence-corrected chi connectivity index (χ4v) is 3.22. The Hall–Kier alpha value is -3.21. The minimum absolute atomic E-state index is 0.0101. The summed E-state index contributed by atoms with van der Waals surface area (Å²) in [6.45, 7) is 0.733. The maximum atomic E-state index is 12.3. The third-order valence-corrected chi connectivity index (χ3v) is 4.87. The molecule has 1 saturated heterocycles. The van der Waals surface area contributed by atoms with E-state index in [0.717, 1.165) is 0 Å². The molecule has 0 spiro atoms. The van der Waals surface area contributed by atoms with Crippen molar-refractivity contribution in [2.45, 2.75) is 50.8 Å². The van der Waals surface area contributed by atoms with Gasteiger partial charge in [-0.15, -0.1) is 0 Å². The third-order valence-electron chi connectivity index (χ3n) is 4.87. The van der Waals surface area contributed by atoms with Gasteiger partial charge in [0, 0.05) is 25.2 Å². The molecule has 0 aromatic heterocycles. The van der Waals surface area contributed by atoms with Crippen molar-refractivity contribution in [1.82, 2.24) is 10.2 Å². The molecule has 1 aliphatic heterocycles. The number of nitro benzene ring substituents is 1. The van der Waals surface area contributed by atoms with Gasteiger partial charge in [0.2, 0.25) is 5.91 Å². The molecule has 0 aliphatic carbocycles. The molecule has 2 amide bonds. The number of ether oxygens (including phenoxy) is 1. The van der Waals surface area contributed by atoms with Crippen molar-refractivity contribution in [1.29, 1.82) is 0 Å². The number of amides is 2. The Kier molecular flexibility index (Phi) is 8.54. The summed E-state index contributed by atoms with van der Waals surface area (Å²) in [5.41, 5.74) is 6.49. The highest BCUT2D eigenvalue weighted by molar-refractivity contribution is 5.87. The molecule has 0 saturated carbocycles. The normalized spacial score (nSPS) is 16.7. The number of alkyl carbamates (subject to hydrolysis) is 1. The minimum Gasteiger partial charge on any atom is -0.480 e. The van der Waals surface area contributed by atoms with Crippen molar-refractivity contribution in [2.24, 2.45) is 5.73 Å². The number of aliphatic carboxylic acids is 1. The number of carboxylic acids is 1. The average Bonchev–Trinajstić information content (AvgIpc) is 3.21. The van der Waals surface area contributed by atoms with Crippen molar-refractivity contribution >= 4 is 23.7 Å². The number of hydrogen-bond acceptors (Lipinski definition) is 7. The van der Waals surface area contributed by atoms with E-state index in [9.17, 15) is 24.5 Å². The largest absolute Gasteiger partial charge is 0.480 e. The number of rotatable bonds is 10. The van der Waals surface area contributed by atoms with Crippen molar-refractivity contribution in [2.75, 3.05) is 13.1 Å². The second kappa shape index (κ2) is 11.1. The Balaban J connectivity index is 1.60. The number of nitro groups is 1. The molecule has 1 aromatic rings. The number of hydrogen-bond donors (Lipinski definition) is 3. The summed E-state index contributed by atoms with van der Waals surface area (Å²) in [4.78, 5) is 46.6. The maximum Gasteiger partial charge on any atom is 0.407 e. The number of benzene rings is 1. The zero-order valence-electron chi connectivity index (χ0n) is 16.5. The fraction of sp³-hybridized carbons (Fsp3) is 0.526. The minimum atomic E-state index is -1.01. The zero-order valence-corrected chi connectivity index (χ0v) is 16.5. The van der Waals surface area contributed by atoms with Gasteiger partial charge in [-0.05, 0) is 49.8 Å². The summed E-state index contributed by atoms with van der Waals surface area (Å²) < 4.78 is 5.04. The number of non-ortho nitro benzene ring substituents is 1. The highest BCUT2D eigenvalue weighted by Gasteiger charge is 2.35. The first-order valence-corrected chi connectivity index (χ1v) is 9.72. The molecule has 4 N–H and O–H groups in total. The molecule has 11 nitrogen and oxygen atoms in total. The lowest BCUT2D eigenvalue weighted by Crippen LogP contribution is -2.48. The SMILES string of the molecule is N[C@@H](CCCCNC(=O)OCc1ccc([N+](=O)[O-])cc1)C(=O)N1CCC[C@H]1C(=O)O. The summed E-state index contributed by atoms with van der Waals surface area (Å²) in [5, 5.41) is 22.3. The highest BCUT2D eigenvalue weighted by Crippen LogP contribution is 2.19. The van der Waals surface area contributed by atoms with E-state index in [1.54, 1.807) is 0 Å². The van der Waals surface area contributed by atoms with Crippen LogP contribution in [0.4, 0.5) is 10.5 Å². The Morgan fingerprint density at radius 3 is 2.63 bits per heavy atom. The molecule has 0 unspecified atom stereocenters. The highest BCUT2D eigenvalue weighted by atomic mass is 16.6. The summed E-state index contributed by atoms with van der Waals surface area (Å²) >= 11 is 0. The van der Waals surface area contributed by atoms with Crippen LogP contribution in [-0.2, 0) is 20.9 Å². The van der Waals surface area contributed by atoms with E-state index in [0.29, 0.717) is 50.8 Å². The number of nitrogens with one attached hydrogen (secondary N) is 1. The molecule has 2 atom stereocenters. The Labute approximate surface area is 173 Å². The van der Waals surface area contributed by atoms with Crippen LogP contribution in [0.3, 0.4) is 0 Å². The molecule has 0 bridgehead atoms. The summed E-state index contributed by atoms with van der Waals surface area (Å²) in [6, 6.07) is 4.14. The van der Waals surface area contributed by atoms with Crippen LogP contribution < -0.4 is 11.1 Å². The van der Waals surface area contributed by atoms with E-state index >= 15 is 0 Å². The quantitative estimate of drug-likeness (QED) is 0.289. The van der Waals surface area contributed by atoms with Crippen molar-refractivity contribution in [3.63, 3.8) is 0 Å². The maximum absolute atomic E-state index is 12.3. The van der Waals surface area contributed by atoms with E-state index in [-0.39, 0.29) is 18.2 Å². The van der Waals surface area contributed by atoms with Gasteiger partial charge < -0.3 is 25.8 Å². The monoisotopic (exact) mass is 422 g/mol. The van der Waals surface area contributed by atoms with Gasteiger partial charge in [0.25, 0.3) is 5.69 Å². The van der Waals surface area contributed by atoms with Crippen molar-refractivity contribution in [3.8, 4) is 0 Å². The van der Waals surface area contributed by atoms with Crippen LogP contribution in [0.15, 0.2) is 24.3 Å². The van der Waals surface area contributed by atoms with Crippen LogP contribution in [0.5, 0.6) is 0 Å². The molecular formula is C19H26N4O7. The van der Waals surface area contributed by atoms with Gasteiger partial charge in [0.15, 0.2) is 0 Å². The third kappa shape index (κ3) is 6.69. The van der Waals surface area contributed by atoms with Crippen LogP contribution in [0.1, 0.15) is 37.7 Å². The number of nitrogens with two attached hydrogens (primary N) is 1. The molecule has 1 fully saturated rings. The van der Waals surface area contributed by atoms with E-state index in [1.165, 1.54) is 29.2 Å². The van der Waals surface area contributed by atoms with Crippen molar-refractivity contribution < 1.29 is 29.2 Å². The van der Waals surface area contributed by atoms with Gasteiger partial charge in [-0.3, -0.25) is 14.9 Å². The molecule has 1 aliphatic rings. The van der Waals surface area contributed by atoms with Crippen LogP contribution in [0, 0.1) is 10.1 Å². The van der Waals surface area contributed by atoms with E-state index in [4.69, 9.17) is 15.6 Å². The zero-order chi connectivity index (χ0) is 22.1. The molecule has 1 aromatic carbocycles. The van der Waals surface area contributed by atoms with E-state index in [2.05, 4.69) is 5.32 Å². The van der Waals surface area contributed by atoms with Gasteiger partial charge in [-0.2, -0.15) is 0 Å². The first kappa shape index (κ1) is 23.1. The van der Waals surface area contributed by atoms with Crippen LogP contribution in [-0.4, -0.2) is 58.1 Å². The summed E-state index contributed by atoms with van der Waals surface area (Å²) in [6.07, 6.45) is 2.04. The molecule has 30 heavy (non-hydrogen) atoms. The Morgan fingerprint density at radius 1 is 1.30 bits per heavy atom. The van der Waals surface area contributed by atoms with Gasteiger partial charge in [-0.1, -0.05) is 0 Å². The van der Waals surface area contributed by atoms with Crippen LogP contribution in [0.2, 0.25) is 0 Å². The summed E-state index contributed by atoms with van der Waals surface area (Å²) in [7, 11) is 0. The number of unbranched alkanes of at least 4 members (excludes halogenated alkanes) is 1. The first-order valence-electron chi connectivity index (χ1n) is 9.72. The molecular weight excluding hydrogens is 396 g/mol. The molecule has 164 valence electrons. The predicted molar refractivity (Wildman–Crippen MR) is 105 cm³/mol. The van der Waals surface area contributed by atoms with Crippen LogP contribution >= 0.6 is 0 Å². The summed E-state index contributed by atoms with van der Waals surface area (Å²) in [5.74, 6) is -1.36. The lowest BCUT2D eigenvalue weighted by molar-refractivity contribution is -0.384. The van der Waals surface area contributed by atoms with E-state index in [1.807, 2.05) is 0 Å². The smallest absolute Gasteiger partial charge is 0.407 e. The van der Waals surface area contributed by atoms with Gasteiger partial charge in [0.1, 0.15) is 12.6 Å². The molecule has 0 radical (unpaired) electrons. The molecule has 2 rings (SSSR count). The number of likely N-dealkylation sites (tertiary alicyclic amines) is 1. The van der Waals surface area contributed by atoms with Gasteiger partial charge in [0.05, 0.1) is 11.0 Å². The molecule has 1 heterocycles. The lowest BCUT2D eigenvalue weighted by Gasteiger charge is -2.24. The number of nitrogens with zero attached hydrogens (tertiary/aromatic N) is 2. The Bertz CT molecular complexity index is 769. The predicted octanol–water partition coefficient (Wildman–Crippen LogP) is 1.39. The fourth-order valence-electron chi connectivity index (χ4n) is 3.22. The van der Waals surface area contributed by atoms with Gasteiger partial charge in [-0.25, -0.2) is 9.59 Å².